The average molecular weight is 271 g/mol. The maximum atomic E-state index is 11.7. The van der Waals surface area contributed by atoms with E-state index >= 15 is 0 Å². The zero-order valence-electron chi connectivity index (χ0n) is 10.8. The molecule has 5 heteroatoms. The van der Waals surface area contributed by atoms with Crippen LogP contribution in [0, 0.1) is 0 Å². The molecular weight excluding hydrogens is 258 g/mol. The van der Waals surface area contributed by atoms with E-state index in [1.165, 1.54) is 6.92 Å². The molecule has 0 aliphatic carbocycles. The van der Waals surface area contributed by atoms with Crippen LogP contribution < -0.4 is 14.8 Å². The predicted octanol–water partition coefficient (Wildman–Crippen LogP) is 3.22. The molecule has 102 valence electrons. The highest BCUT2D eigenvalue weighted by atomic mass is 16.7. The highest BCUT2D eigenvalue weighted by Gasteiger charge is 2.11. The molecule has 0 aliphatic heterocycles. The molecular formula is C15H13NO4. The molecule has 0 saturated heterocycles. The summed E-state index contributed by atoms with van der Waals surface area (Å²) in [5, 5.41) is 2.57. The minimum atomic E-state index is -0.867. The van der Waals surface area contributed by atoms with Crippen molar-refractivity contribution in [1.82, 2.24) is 0 Å². The fourth-order valence-corrected chi connectivity index (χ4v) is 1.54. The van der Waals surface area contributed by atoms with Gasteiger partial charge in [-0.2, -0.15) is 0 Å². The van der Waals surface area contributed by atoms with Gasteiger partial charge in [0.15, 0.2) is 5.75 Å². The second-order valence-electron chi connectivity index (χ2n) is 3.94. The number of hydrogen-bond acceptors (Lipinski definition) is 4. The summed E-state index contributed by atoms with van der Waals surface area (Å²) in [7, 11) is 0. The van der Waals surface area contributed by atoms with Crippen molar-refractivity contribution in [3.05, 3.63) is 54.6 Å². The first-order chi connectivity index (χ1) is 9.65. The number of benzene rings is 2. The highest BCUT2D eigenvalue weighted by molar-refractivity contribution is 5.90. The number of carbonyl (C=O) groups excluding carboxylic acids is 2. The van der Waals surface area contributed by atoms with Crippen LogP contribution in [-0.2, 0) is 4.79 Å². The van der Waals surface area contributed by atoms with Crippen molar-refractivity contribution in [3.8, 4) is 11.5 Å². The van der Waals surface area contributed by atoms with Crippen LogP contribution in [0.2, 0.25) is 0 Å². The lowest BCUT2D eigenvalue weighted by atomic mass is 10.3. The smallest absolute Gasteiger partial charge is 0.395 e. The Morgan fingerprint density at radius 3 is 2.25 bits per heavy atom. The summed E-state index contributed by atoms with van der Waals surface area (Å²) in [4.78, 5) is 22.7. The first kappa shape index (κ1) is 13.6. The van der Waals surface area contributed by atoms with Crippen LogP contribution in [-0.4, -0.2) is 12.1 Å². The fourth-order valence-electron chi connectivity index (χ4n) is 1.54. The maximum Gasteiger partial charge on any atom is 0.519 e. The lowest BCUT2D eigenvalue weighted by Crippen LogP contribution is -2.15. The third-order valence-corrected chi connectivity index (χ3v) is 2.34. The van der Waals surface area contributed by atoms with E-state index in [1.54, 1.807) is 48.5 Å². The minimum absolute atomic E-state index is 0.226. The van der Waals surface area contributed by atoms with E-state index in [9.17, 15) is 9.59 Å². The van der Waals surface area contributed by atoms with E-state index in [1.807, 2.05) is 6.07 Å². The Hall–Kier alpha value is -2.82. The third-order valence-electron chi connectivity index (χ3n) is 2.34. The molecule has 1 amide bonds. The molecule has 1 N–H and O–H groups in total. The molecule has 2 aromatic carbocycles. The Morgan fingerprint density at radius 1 is 0.900 bits per heavy atom. The summed E-state index contributed by atoms with van der Waals surface area (Å²) >= 11 is 0. The number of hydrogen-bond donors (Lipinski definition) is 1. The number of rotatable bonds is 3. The van der Waals surface area contributed by atoms with Gasteiger partial charge in [0, 0.05) is 6.92 Å². The Morgan fingerprint density at radius 2 is 1.55 bits per heavy atom. The van der Waals surface area contributed by atoms with E-state index in [0.29, 0.717) is 11.4 Å². The van der Waals surface area contributed by atoms with Crippen LogP contribution in [0.3, 0.4) is 0 Å². The van der Waals surface area contributed by atoms with Crippen molar-refractivity contribution in [2.75, 3.05) is 5.32 Å². The number of anilines is 1. The molecule has 0 unspecified atom stereocenters. The van der Waals surface area contributed by atoms with Gasteiger partial charge in [-0.25, -0.2) is 4.79 Å². The van der Waals surface area contributed by atoms with Gasteiger partial charge in [-0.15, -0.1) is 0 Å². The summed E-state index contributed by atoms with van der Waals surface area (Å²) in [6.07, 6.45) is -0.867. The standard InChI is InChI=1S/C15H13NO4/c1-11(17)16-13-9-5-6-10-14(13)20-15(18)19-12-7-3-2-4-8-12/h2-10H,1H3,(H,16,17). The molecule has 20 heavy (non-hydrogen) atoms. The molecule has 0 spiro atoms. The third kappa shape index (κ3) is 3.84. The number of nitrogens with one attached hydrogen (secondary N) is 1. The second-order valence-corrected chi connectivity index (χ2v) is 3.94. The summed E-state index contributed by atoms with van der Waals surface area (Å²) in [5.41, 5.74) is 0.407. The van der Waals surface area contributed by atoms with Crippen LogP contribution in [0.25, 0.3) is 0 Å². The summed E-state index contributed by atoms with van der Waals surface area (Å²) in [5.74, 6) is 0.357. The topological polar surface area (TPSA) is 64.6 Å². The quantitative estimate of drug-likeness (QED) is 0.687. The van der Waals surface area contributed by atoms with E-state index in [-0.39, 0.29) is 11.7 Å². The van der Waals surface area contributed by atoms with Crippen molar-refractivity contribution < 1.29 is 19.1 Å². The first-order valence-corrected chi connectivity index (χ1v) is 5.96. The summed E-state index contributed by atoms with van der Waals surface area (Å²) < 4.78 is 10.1. The Kier molecular flexibility index (Phi) is 4.34. The van der Waals surface area contributed by atoms with Crippen molar-refractivity contribution in [2.24, 2.45) is 0 Å². The SMILES string of the molecule is CC(=O)Nc1ccccc1OC(=O)Oc1ccccc1. The van der Waals surface area contributed by atoms with Crippen molar-refractivity contribution in [1.29, 1.82) is 0 Å². The van der Waals surface area contributed by atoms with Gasteiger partial charge in [0.05, 0.1) is 5.69 Å². The molecule has 0 fully saturated rings. The zero-order valence-corrected chi connectivity index (χ0v) is 10.8. The first-order valence-electron chi connectivity index (χ1n) is 5.96. The van der Waals surface area contributed by atoms with Crippen molar-refractivity contribution >= 4 is 17.7 Å². The Labute approximate surface area is 116 Å². The summed E-state index contributed by atoms with van der Waals surface area (Å²) in [6, 6.07) is 15.2. The van der Waals surface area contributed by atoms with Gasteiger partial charge in [0.1, 0.15) is 5.75 Å². The molecule has 0 aromatic heterocycles. The molecule has 2 rings (SSSR count). The minimum Gasteiger partial charge on any atom is -0.395 e. The molecule has 0 radical (unpaired) electrons. The van der Waals surface area contributed by atoms with Gasteiger partial charge < -0.3 is 14.8 Å². The lowest BCUT2D eigenvalue weighted by molar-refractivity contribution is -0.114. The Bertz CT molecular complexity index is 610. The normalized spacial score (nSPS) is 9.65. The van der Waals surface area contributed by atoms with E-state index in [4.69, 9.17) is 9.47 Å². The second kappa shape index (κ2) is 6.38. The fraction of sp³-hybridized carbons (Fsp3) is 0.0667. The number of amides is 1. The molecule has 0 saturated carbocycles. The monoisotopic (exact) mass is 271 g/mol. The molecule has 5 nitrogen and oxygen atoms in total. The van der Waals surface area contributed by atoms with Gasteiger partial charge in [-0.1, -0.05) is 30.3 Å². The number of para-hydroxylation sites is 3. The predicted molar refractivity (Wildman–Crippen MR) is 73.8 cm³/mol. The van der Waals surface area contributed by atoms with E-state index < -0.39 is 6.16 Å². The molecule has 0 atom stereocenters. The van der Waals surface area contributed by atoms with Gasteiger partial charge in [0.2, 0.25) is 5.91 Å². The van der Waals surface area contributed by atoms with Crippen LogP contribution in [0.15, 0.2) is 54.6 Å². The van der Waals surface area contributed by atoms with Crippen molar-refractivity contribution in [2.45, 2.75) is 6.92 Å². The molecule has 2 aromatic rings. The largest absolute Gasteiger partial charge is 0.519 e. The van der Waals surface area contributed by atoms with Gasteiger partial charge in [-0.3, -0.25) is 4.79 Å². The van der Waals surface area contributed by atoms with Crippen LogP contribution in [0.4, 0.5) is 10.5 Å². The highest BCUT2D eigenvalue weighted by Crippen LogP contribution is 2.24. The van der Waals surface area contributed by atoms with Gasteiger partial charge in [-0.05, 0) is 24.3 Å². The number of carbonyl (C=O) groups is 2. The summed E-state index contributed by atoms with van der Waals surface area (Å²) in [6.45, 7) is 1.37. The lowest BCUT2D eigenvalue weighted by Gasteiger charge is -2.10. The molecule has 0 aliphatic rings. The van der Waals surface area contributed by atoms with Gasteiger partial charge >= 0.3 is 6.16 Å². The van der Waals surface area contributed by atoms with Crippen LogP contribution in [0.5, 0.6) is 11.5 Å². The Balaban J connectivity index is 2.06. The molecule has 0 heterocycles. The zero-order chi connectivity index (χ0) is 14.4. The molecule has 0 bridgehead atoms. The van der Waals surface area contributed by atoms with E-state index in [0.717, 1.165) is 0 Å². The van der Waals surface area contributed by atoms with Crippen molar-refractivity contribution in [3.63, 3.8) is 0 Å². The van der Waals surface area contributed by atoms with Crippen LogP contribution in [0.1, 0.15) is 6.92 Å². The van der Waals surface area contributed by atoms with E-state index in [2.05, 4.69) is 5.32 Å². The number of ether oxygens (including phenoxy) is 2. The maximum absolute atomic E-state index is 11.7. The van der Waals surface area contributed by atoms with Gasteiger partial charge in [0.25, 0.3) is 0 Å². The van der Waals surface area contributed by atoms with Crippen LogP contribution >= 0.6 is 0 Å². The average Bonchev–Trinajstić information content (AvgIpc) is 2.41.